The minimum absolute atomic E-state index is 0.331. The Labute approximate surface area is 146 Å². The average Bonchev–Trinajstić information content (AvgIpc) is 2.93. The number of carboxylic acids is 1. The fourth-order valence-electron chi connectivity index (χ4n) is 2.85. The summed E-state index contributed by atoms with van der Waals surface area (Å²) in [4.78, 5) is 11.7. The van der Waals surface area contributed by atoms with Crippen LogP contribution < -0.4 is 4.90 Å². The molecule has 1 aliphatic heterocycles. The summed E-state index contributed by atoms with van der Waals surface area (Å²) in [5.74, 6) is -1.57. The monoisotopic (exact) mass is 365 g/mol. The number of carbonyl (C=O) groups is 1. The van der Waals surface area contributed by atoms with Crippen LogP contribution in [0.2, 0.25) is 0 Å². The maximum Gasteiger partial charge on any atom is 0.432 e. The molecule has 1 N–H and O–H groups in total. The minimum atomic E-state index is -4.77. The van der Waals surface area contributed by atoms with Crippen LogP contribution >= 0.6 is 11.8 Å². The van der Waals surface area contributed by atoms with Gasteiger partial charge in [-0.2, -0.15) is 13.2 Å². The Hall–Kier alpha value is -2.41. The molecule has 0 saturated carbocycles. The van der Waals surface area contributed by atoms with Crippen molar-refractivity contribution in [3.63, 3.8) is 0 Å². The van der Waals surface area contributed by atoms with E-state index in [1.54, 1.807) is 43.3 Å². The Morgan fingerprint density at radius 3 is 2.28 bits per heavy atom. The van der Waals surface area contributed by atoms with E-state index in [2.05, 4.69) is 0 Å². The molecule has 0 spiro atoms. The summed E-state index contributed by atoms with van der Waals surface area (Å²) in [5.41, 5.74) is 0.586. The summed E-state index contributed by atoms with van der Waals surface area (Å²) in [5, 5.41) is 8.52. The van der Waals surface area contributed by atoms with Gasteiger partial charge in [0.05, 0.1) is 11.1 Å². The van der Waals surface area contributed by atoms with Crippen molar-refractivity contribution < 1.29 is 23.1 Å². The molecule has 1 unspecified atom stereocenters. The average molecular weight is 365 g/mol. The standard InChI is InChI=1S/C18H14F3NO2S/c1-11-22(16(18(19,20)21)15(25-11)17(23)24)14-10-6-5-9-13(14)12-7-3-2-4-8-12/h2-11H,1H3,(H,23,24). The molecule has 0 aromatic heterocycles. The molecule has 0 amide bonds. The summed E-state index contributed by atoms with van der Waals surface area (Å²) < 4.78 is 40.9. The summed E-state index contributed by atoms with van der Waals surface area (Å²) in [6.07, 6.45) is -4.77. The molecule has 0 radical (unpaired) electrons. The van der Waals surface area contributed by atoms with Gasteiger partial charge < -0.3 is 10.0 Å². The quantitative estimate of drug-likeness (QED) is 0.820. The molecule has 1 heterocycles. The van der Waals surface area contributed by atoms with Gasteiger partial charge in [-0.1, -0.05) is 60.3 Å². The predicted octanol–water partition coefficient (Wildman–Crippen LogP) is 5.11. The molecular weight excluding hydrogens is 351 g/mol. The number of hydrogen-bond donors (Lipinski definition) is 1. The topological polar surface area (TPSA) is 40.5 Å². The lowest BCUT2D eigenvalue weighted by Crippen LogP contribution is -2.34. The Balaban J connectivity index is 2.21. The highest BCUT2D eigenvalue weighted by Crippen LogP contribution is 2.49. The molecule has 2 aromatic carbocycles. The van der Waals surface area contributed by atoms with Crippen molar-refractivity contribution in [2.45, 2.75) is 18.5 Å². The molecule has 0 bridgehead atoms. The van der Waals surface area contributed by atoms with Gasteiger partial charge in [0.2, 0.25) is 0 Å². The highest BCUT2D eigenvalue weighted by atomic mass is 32.2. The third-order valence-electron chi connectivity index (χ3n) is 3.82. The van der Waals surface area contributed by atoms with Crippen molar-refractivity contribution in [2.24, 2.45) is 0 Å². The number of anilines is 1. The molecule has 130 valence electrons. The molecule has 3 rings (SSSR count). The van der Waals surface area contributed by atoms with Crippen molar-refractivity contribution >= 4 is 23.4 Å². The number of benzene rings is 2. The molecule has 2 aromatic rings. The third-order valence-corrected chi connectivity index (χ3v) is 4.97. The molecule has 0 aliphatic carbocycles. The van der Waals surface area contributed by atoms with Gasteiger partial charge in [-0.15, -0.1) is 0 Å². The van der Waals surface area contributed by atoms with Crippen LogP contribution in [0, 0.1) is 0 Å². The first-order valence-electron chi connectivity index (χ1n) is 7.46. The second-order valence-electron chi connectivity index (χ2n) is 5.45. The van der Waals surface area contributed by atoms with Crippen LogP contribution in [-0.2, 0) is 4.79 Å². The van der Waals surface area contributed by atoms with Gasteiger partial charge in [-0.3, -0.25) is 0 Å². The van der Waals surface area contributed by atoms with Crippen LogP contribution in [0.3, 0.4) is 0 Å². The molecule has 3 nitrogen and oxygen atoms in total. The highest BCUT2D eigenvalue weighted by Gasteiger charge is 2.49. The predicted molar refractivity (Wildman–Crippen MR) is 92.1 cm³/mol. The number of carboxylic acid groups (broad SMARTS) is 1. The number of rotatable bonds is 3. The third kappa shape index (κ3) is 3.24. The lowest BCUT2D eigenvalue weighted by Gasteiger charge is -2.29. The first-order chi connectivity index (χ1) is 11.8. The Morgan fingerprint density at radius 2 is 1.68 bits per heavy atom. The minimum Gasteiger partial charge on any atom is -0.477 e. The van der Waals surface area contributed by atoms with E-state index in [-0.39, 0.29) is 0 Å². The summed E-state index contributed by atoms with van der Waals surface area (Å²) in [7, 11) is 0. The van der Waals surface area contributed by atoms with Gasteiger partial charge in [0, 0.05) is 5.56 Å². The van der Waals surface area contributed by atoms with Crippen LogP contribution in [-0.4, -0.2) is 22.6 Å². The van der Waals surface area contributed by atoms with E-state index in [9.17, 15) is 23.1 Å². The lowest BCUT2D eigenvalue weighted by atomic mass is 10.0. The zero-order valence-corrected chi connectivity index (χ0v) is 13.9. The molecule has 0 saturated heterocycles. The Kier molecular flexibility index (Phi) is 4.51. The van der Waals surface area contributed by atoms with Crippen molar-refractivity contribution in [3.8, 4) is 11.1 Å². The van der Waals surface area contributed by atoms with E-state index in [1.165, 1.54) is 0 Å². The SMILES string of the molecule is CC1SC(C(=O)O)=C(C(F)(F)F)N1c1ccccc1-c1ccccc1. The van der Waals surface area contributed by atoms with Crippen LogP contribution in [0.4, 0.5) is 18.9 Å². The second-order valence-corrected chi connectivity index (χ2v) is 6.78. The first kappa shape index (κ1) is 17.4. The molecular formula is C18H14F3NO2S. The van der Waals surface area contributed by atoms with Crippen LogP contribution in [0.1, 0.15) is 6.92 Å². The van der Waals surface area contributed by atoms with Crippen molar-refractivity contribution in [1.82, 2.24) is 0 Å². The zero-order chi connectivity index (χ0) is 18.2. The van der Waals surface area contributed by atoms with E-state index in [1.807, 2.05) is 18.2 Å². The number of allylic oxidation sites excluding steroid dienone is 1. The summed E-state index contributed by atoms with van der Waals surface area (Å²) in [6.45, 7) is 1.56. The van der Waals surface area contributed by atoms with Gasteiger partial charge in [-0.05, 0) is 18.6 Å². The smallest absolute Gasteiger partial charge is 0.432 e. The number of alkyl halides is 3. The number of halogens is 3. The second kappa shape index (κ2) is 6.48. The van der Waals surface area contributed by atoms with E-state index in [4.69, 9.17) is 0 Å². The van der Waals surface area contributed by atoms with Gasteiger partial charge in [-0.25, -0.2) is 4.79 Å². The van der Waals surface area contributed by atoms with Crippen LogP contribution in [0.5, 0.6) is 0 Å². The Bertz CT molecular complexity index is 834. The van der Waals surface area contributed by atoms with Crippen LogP contribution in [0.15, 0.2) is 65.2 Å². The number of nitrogens with zero attached hydrogens (tertiary/aromatic N) is 1. The van der Waals surface area contributed by atoms with Gasteiger partial charge in [0.1, 0.15) is 10.6 Å². The van der Waals surface area contributed by atoms with E-state index < -0.39 is 28.1 Å². The molecule has 0 fully saturated rings. The number of hydrogen-bond acceptors (Lipinski definition) is 3. The lowest BCUT2D eigenvalue weighted by molar-refractivity contribution is -0.133. The zero-order valence-electron chi connectivity index (χ0n) is 13.1. The summed E-state index contributed by atoms with van der Waals surface area (Å²) >= 11 is 0.701. The van der Waals surface area contributed by atoms with Gasteiger partial charge in [0.15, 0.2) is 0 Å². The summed E-state index contributed by atoms with van der Waals surface area (Å²) in [6, 6.07) is 15.7. The fraction of sp³-hybridized carbons (Fsp3) is 0.167. The van der Waals surface area contributed by atoms with Crippen LogP contribution in [0.25, 0.3) is 11.1 Å². The highest BCUT2D eigenvalue weighted by molar-refractivity contribution is 8.04. The molecule has 1 atom stereocenters. The van der Waals surface area contributed by atoms with E-state index in [0.29, 0.717) is 23.0 Å². The molecule has 1 aliphatic rings. The maximum absolute atomic E-state index is 13.6. The normalized spacial score (nSPS) is 17.9. The number of thioether (sulfide) groups is 1. The number of para-hydroxylation sites is 1. The number of aliphatic carboxylic acids is 1. The van der Waals surface area contributed by atoms with Crippen molar-refractivity contribution in [3.05, 3.63) is 65.2 Å². The van der Waals surface area contributed by atoms with Crippen molar-refractivity contribution in [2.75, 3.05) is 4.90 Å². The molecule has 25 heavy (non-hydrogen) atoms. The molecule has 7 heteroatoms. The van der Waals surface area contributed by atoms with Crippen molar-refractivity contribution in [1.29, 1.82) is 0 Å². The van der Waals surface area contributed by atoms with Gasteiger partial charge in [0.25, 0.3) is 0 Å². The Morgan fingerprint density at radius 1 is 1.08 bits per heavy atom. The van der Waals surface area contributed by atoms with Gasteiger partial charge >= 0.3 is 12.1 Å². The maximum atomic E-state index is 13.6. The first-order valence-corrected chi connectivity index (χ1v) is 8.33. The van der Waals surface area contributed by atoms with E-state index >= 15 is 0 Å². The fourth-order valence-corrected chi connectivity index (χ4v) is 3.94. The largest absolute Gasteiger partial charge is 0.477 e. The van der Waals surface area contributed by atoms with E-state index in [0.717, 1.165) is 10.5 Å².